The molecule has 0 saturated heterocycles. The molecule has 0 aliphatic carbocycles. The summed E-state index contributed by atoms with van der Waals surface area (Å²) in [6, 6.07) is 13.3. The molecule has 0 saturated carbocycles. The maximum absolute atomic E-state index is 12.3. The minimum atomic E-state index is -0.0740. The zero-order valence-corrected chi connectivity index (χ0v) is 15.2. The number of likely N-dealkylation sites (N-methyl/N-ethyl adjacent to an activating group) is 1. The molecule has 0 atom stereocenters. The van der Waals surface area contributed by atoms with Crippen LogP contribution in [0.2, 0.25) is 0 Å². The van der Waals surface area contributed by atoms with Gasteiger partial charge in [0.25, 0.3) is 0 Å². The van der Waals surface area contributed by atoms with E-state index in [4.69, 9.17) is 14.2 Å². The van der Waals surface area contributed by atoms with Crippen LogP contribution in [0.15, 0.2) is 42.5 Å². The third-order valence-electron chi connectivity index (χ3n) is 3.93. The summed E-state index contributed by atoms with van der Waals surface area (Å²) in [7, 11) is 1.92. The van der Waals surface area contributed by atoms with Crippen LogP contribution in [0, 0.1) is 0 Å². The van der Waals surface area contributed by atoms with Crippen molar-refractivity contribution in [2.24, 2.45) is 0 Å². The fourth-order valence-corrected chi connectivity index (χ4v) is 2.79. The van der Waals surface area contributed by atoms with E-state index in [1.54, 1.807) is 6.07 Å². The van der Waals surface area contributed by atoms with Gasteiger partial charge in [-0.1, -0.05) is 12.1 Å². The highest BCUT2D eigenvalue weighted by Crippen LogP contribution is 2.32. The molecule has 0 spiro atoms. The summed E-state index contributed by atoms with van der Waals surface area (Å²) in [6.07, 6.45) is 0. The normalized spacial score (nSPS) is 12.7. The molecule has 3 rings (SSSR count). The van der Waals surface area contributed by atoms with Crippen LogP contribution in [-0.2, 0) is 11.3 Å². The Morgan fingerprint density at radius 1 is 1.12 bits per heavy atom. The molecular formula is C20H24N2O4. The number of carbonyl (C=O) groups is 1. The highest BCUT2D eigenvalue weighted by molar-refractivity contribution is 5.92. The SMILES string of the molecule is CCOc1ccc(CN(C)CC(=O)Nc2ccc3c(c2)OCCO3)cc1. The number of hydrogen-bond donors (Lipinski definition) is 1. The molecule has 6 nitrogen and oxygen atoms in total. The third-order valence-corrected chi connectivity index (χ3v) is 3.93. The van der Waals surface area contributed by atoms with Gasteiger partial charge in [-0.3, -0.25) is 9.69 Å². The fraction of sp³-hybridized carbons (Fsp3) is 0.350. The molecule has 0 fully saturated rings. The predicted octanol–water partition coefficient (Wildman–Crippen LogP) is 2.93. The quantitative estimate of drug-likeness (QED) is 0.827. The largest absolute Gasteiger partial charge is 0.494 e. The Labute approximate surface area is 153 Å². The standard InChI is InChI=1S/C20H24N2O4/c1-3-24-17-7-4-15(5-8-17)13-22(2)14-20(23)21-16-6-9-18-19(12-16)26-11-10-25-18/h4-9,12H,3,10-11,13-14H2,1-2H3,(H,21,23). The summed E-state index contributed by atoms with van der Waals surface area (Å²) in [5.41, 5.74) is 1.83. The summed E-state index contributed by atoms with van der Waals surface area (Å²) >= 11 is 0. The van der Waals surface area contributed by atoms with Crippen molar-refractivity contribution in [3.8, 4) is 17.2 Å². The molecule has 138 valence electrons. The molecule has 1 aliphatic heterocycles. The van der Waals surface area contributed by atoms with Crippen LogP contribution in [0.1, 0.15) is 12.5 Å². The van der Waals surface area contributed by atoms with Crippen molar-refractivity contribution >= 4 is 11.6 Å². The van der Waals surface area contributed by atoms with Crippen molar-refractivity contribution in [2.75, 3.05) is 38.7 Å². The van der Waals surface area contributed by atoms with E-state index in [-0.39, 0.29) is 5.91 Å². The first-order valence-corrected chi connectivity index (χ1v) is 8.74. The lowest BCUT2D eigenvalue weighted by atomic mass is 10.2. The second kappa shape index (κ2) is 8.58. The van der Waals surface area contributed by atoms with Gasteiger partial charge in [-0.05, 0) is 43.8 Å². The van der Waals surface area contributed by atoms with Crippen LogP contribution < -0.4 is 19.5 Å². The number of anilines is 1. The lowest BCUT2D eigenvalue weighted by Gasteiger charge is -2.20. The number of fused-ring (bicyclic) bond motifs is 1. The van der Waals surface area contributed by atoms with E-state index in [0.29, 0.717) is 50.1 Å². The van der Waals surface area contributed by atoms with E-state index in [2.05, 4.69) is 5.32 Å². The first kappa shape index (κ1) is 18.1. The first-order valence-electron chi connectivity index (χ1n) is 8.74. The molecule has 0 unspecified atom stereocenters. The van der Waals surface area contributed by atoms with E-state index in [1.165, 1.54) is 0 Å². The van der Waals surface area contributed by atoms with Gasteiger partial charge >= 0.3 is 0 Å². The molecule has 0 aromatic heterocycles. The number of nitrogens with one attached hydrogen (secondary N) is 1. The molecule has 6 heteroatoms. The van der Waals surface area contributed by atoms with Crippen LogP contribution in [0.5, 0.6) is 17.2 Å². The van der Waals surface area contributed by atoms with Crippen molar-refractivity contribution in [1.82, 2.24) is 4.90 Å². The number of nitrogens with zero attached hydrogens (tertiary/aromatic N) is 1. The number of benzene rings is 2. The van der Waals surface area contributed by atoms with E-state index < -0.39 is 0 Å². The van der Waals surface area contributed by atoms with Gasteiger partial charge in [0.2, 0.25) is 5.91 Å². The topological polar surface area (TPSA) is 60.0 Å². The molecule has 1 heterocycles. The molecule has 2 aromatic carbocycles. The minimum absolute atomic E-state index is 0.0740. The van der Waals surface area contributed by atoms with E-state index in [1.807, 2.05) is 55.3 Å². The average Bonchev–Trinajstić information content (AvgIpc) is 2.63. The van der Waals surface area contributed by atoms with Gasteiger partial charge in [-0.2, -0.15) is 0 Å². The van der Waals surface area contributed by atoms with Gasteiger partial charge in [-0.15, -0.1) is 0 Å². The minimum Gasteiger partial charge on any atom is -0.494 e. The number of ether oxygens (including phenoxy) is 3. The summed E-state index contributed by atoms with van der Waals surface area (Å²) in [6.45, 7) is 4.66. The van der Waals surface area contributed by atoms with Gasteiger partial charge in [0, 0.05) is 18.3 Å². The van der Waals surface area contributed by atoms with Crippen LogP contribution in [0.4, 0.5) is 5.69 Å². The van der Waals surface area contributed by atoms with E-state index in [0.717, 1.165) is 11.3 Å². The van der Waals surface area contributed by atoms with Crippen molar-refractivity contribution in [3.63, 3.8) is 0 Å². The van der Waals surface area contributed by atoms with Gasteiger partial charge < -0.3 is 19.5 Å². The van der Waals surface area contributed by atoms with E-state index in [9.17, 15) is 4.79 Å². The van der Waals surface area contributed by atoms with Crippen LogP contribution in [0.25, 0.3) is 0 Å². The zero-order valence-electron chi connectivity index (χ0n) is 15.2. The molecular weight excluding hydrogens is 332 g/mol. The van der Waals surface area contributed by atoms with Gasteiger partial charge in [0.1, 0.15) is 19.0 Å². The fourth-order valence-electron chi connectivity index (χ4n) is 2.79. The monoisotopic (exact) mass is 356 g/mol. The summed E-state index contributed by atoms with van der Waals surface area (Å²) in [4.78, 5) is 14.2. The Hall–Kier alpha value is -2.73. The van der Waals surface area contributed by atoms with E-state index >= 15 is 0 Å². The molecule has 0 bridgehead atoms. The molecule has 26 heavy (non-hydrogen) atoms. The number of hydrogen-bond acceptors (Lipinski definition) is 5. The lowest BCUT2D eigenvalue weighted by Crippen LogP contribution is -2.29. The Bertz CT molecular complexity index is 746. The van der Waals surface area contributed by atoms with Crippen molar-refractivity contribution < 1.29 is 19.0 Å². The van der Waals surface area contributed by atoms with Crippen LogP contribution >= 0.6 is 0 Å². The second-order valence-electron chi connectivity index (χ2n) is 6.16. The molecule has 1 amide bonds. The molecule has 1 aliphatic rings. The van der Waals surface area contributed by atoms with Crippen molar-refractivity contribution in [1.29, 1.82) is 0 Å². The lowest BCUT2D eigenvalue weighted by molar-refractivity contribution is -0.117. The summed E-state index contributed by atoms with van der Waals surface area (Å²) in [5.74, 6) is 2.16. The summed E-state index contributed by atoms with van der Waals surface area (Å²) in [5, 5.41) is 2.90. The predicted molar refractivity (Wildman–Crippen MR) is 100 cm³/mol. The molecule has 2 aromatic rings. The van der Waals surface area contributed by atoms with Gasteiger partial charge in [0.05, 0.1) is 13.2 Å². The Morgan fingerprint density at radius 3 is 2.58 bits per heavy atom. The molecule has 0 radical (unpaired) electrons. The third kappa shape index (κ3) is 4.89. The van der Waals surface area contributed by atoms with Crippen molar-refractivity contribution in [3.05, 3.63) is 48.0 Å². The maximum Gasteiger partial charge on any atom is 0.238 e. The van der Waals surface area contributed by atoms with Crippen LogP contribution in [0.3, 0.4) is 0 Å². The van der Waals surface area contributed by atoms with Crippen LogP contribution in [-0.4, -0.2) is 44.2 Å². The maximum atomic E-state index is 12.3. The molecule has 1 N–H and O–H groups in total. The first-order chi connectivity index (χ1) is 12.6. The Balaban J connectivity index is 1.51. The van der Waals surface area contributed by atoms with Gasteiger partial charge in [0.15, 0.2) is 11.5 Å². The number of rotatable bonds is 7. The second-order valence-corrected chi connectivity index (χ2v) is 6.16. The smallest absolute Gasteiger partial charge is 0.238 e. The highest BCUT2D eigenvalue weighted by atomic mass is 16.6. The average molecular weight is 356 g/mol. The van der Waals surface area contributed by atoms with Crippen molar-refractivity contribution in [2.45, 2.75) is 13.5 Å². The number of carbonyl (C=O) groups excluding carboxylic acids is 1. The zero-order chi connectivity index (χ0) is 18.4. The Morgan fingerprint density at radius 2 is 1.85 bits per heavy atom. The van der Waals surface area contributed by atoms with Gasteiger partial charge in [-0.25, -0.2) is 0 Å². The summed E-state index contributed by atoms with van der Waals surface area (Å²) < 4.78 is 16.5. The highest BCUT2D eigenvalue weighted by Gasteiger charge is 2.13. The Kier molecular flexibility index (Phi) is 5.96. The number of amides is 1.